The van der Waals surface area contributed by atoms with Crippen LogP contribution in [-0.4, -0.2) is 17.5 Å². The van der Waals surface area contributed by atoms with Crippen molar-refractivity contribution in [1.29, 1.82) is 0 Å². The van der Waals surface area contributed by atoms with E-state index in [1.165, 1.54) is 13.8 Å². The Balaban J connectivity index is 2.84. The number of rotatable bonds is 4. The Hall–Kier alpha value is -2.28. The Morgan fingerprint density at radius 1 is 1.33 bits per heavy atom. The molecular weight excluding hydrogens is 232 g/mol. The zero-order chi connectivity index (χ0) is 13.6. The monoisotopic (exact) mass is 246 g/mol. The number of ether oxygens (including phenoxy) is 2. The number of para-hydroxylation sites is 1. The number of hydrogen-bond donors (Lipinski definition) is 0. The molecular formula is C14H14O4. The zero-order valence-electron chi connectivity index (χ0n) is 10.3. The van der Waals surface area contributed by atoms with Crippen LogP contribution in [0.2, 0.25) is 0 Å². The highest BCUT2D eigenvalue weighted by atomic mass is 16.6. The summed E-state index contributed by atoms with van der Waals surface area (Å²) >= 11 is 0. The average molecular weight is 246 g/mol. The Kier molecular flexibility index (Phi) is 4.50. The predicted molar refractivity (Wildman–Crippen MR) is 65.7 cm³/mol. The maximum absolute atomic E-state index is 12.0. The quantitative estimate of drug-likeness (QED) is 0.463. The number of benzene rings is 1. The molecule has 0 aliphatic carbocycles. The summed E-state index contributed by atoms with van der Waals surface area (Å²) in [5, 5.41) is 0. The van der Waals surface area contributed by atoms with E-state index >= 15 is 0 Å². The largest absolute Gasteiger partial charge is 0.446 e. The van der Waals surface area contributed by atoms with Crippen LogP contribution in [0.4, 0.5) is 0 Å². The van der Waals surface area contributed by atoms with Gasteiger partial charge in [-0.05, 0) is 19.1 Å². The van der Waals surface area contributed by atoms with E-state index < -0.39 is 17.5 Å². The molecule has 0 heterocycles. The molecule has 1 unspecified atom stereocenters. The molecule has 1 aromatic carbocycles. The molecule has 0 amide bonds. The Bertz CT molecular complexity index is 472. The summed E-state index contributed by atoms with van der Waals surface area (Å²) in [5.74, 6) is 1.40. The van der Waals surface area contributed by atoms with Gasteiger partial charge in [-0.25, -0.2) is 4.79 Å². The van der Waals surface area contributed by atoms with Crippen LogP contribution < -0.4 is 4.74 Å². The van der Waals surface area contributed by atoms with Crippen LogP contribution in [0.5, 0.6) is 5.75 Å². The van der Waals surface area contributed by atoms with Gasteiger partial charge in [0.1, 0.15) is 5.75 Å². The van der Waals surface area contributed by atoms with Crippen LogP contribution in [0, 0.1) is 12.3 Å². The molecule has 0 aliphatic rings. The van der Waals surface area contributed by atoms with Gasteiger partial charge in [0, 0.05) is 6.92 Å². The fraction of sp³-hybridized carbons (Fsp3) is 0.286. The number of hydrogen-bond acceptors (Lipinski definition) is 4. The lowest BCUT2D eigenvalue weighted by Crippen LogP contribution is -2.42. The smallest absolute Gasteiger partial charge is 0.356 e. The van der Waals surface area contributed by atoms with Gasteiger partial charge in [-0.1, -0.05) is 18.2 Å². The summed E-state index contributed by atoms with van der Waals surface area (Å²) in [6.07, 6.45) is 5.13. The lowest BCUT2D eigenvalue weighted by molar-refractivity contribution is -0.172. The molecule has 0 N–H and O–H groups in total. The third-order valence-electron chi connectivity index (χ3n) is 2.19. The summed E-state index contributed by atoms with van der Waals surface area (Å²) in [4.78, 5) is 23.0. The average Bonchev–Trinajstić information content (AvgIpc) is 2.29. The zero-order valence-corrected chi connectivity index (χ0v) is 10.3. The molecule has 0 saturated heterocycles. The number of esters is 2. The second-order valence-electron chi connectivity index (χ2n) is 3.91. The lowest BCUT2D eigenvalue weighted by Gasteiger charge is -2.24. The van der Waals surface area contributed by atoms with E-state index in [0.717, 1.165) is 0 Å². The van der Waals surface area contributed by atoms with Crippen molar-refractivity contribution < 1.29 is 19.1 Å². The molecule has 18 heavy (non-hydrogen) atoms. The molecule has 0 aromatic heterocycles. The van der Waals surface area contributed by atoms with Crippen molar-refractivity contribution in [2.75, 3.05) is 0 Å². The van der Waals surface area contributed by atoms with E-state index in [1.54, 1.807) is 30.3 Å². The van der Waals surface area contributed by atoms with Gasteiger partial charge in [-0.2, -0.15) is 0 Å². The first kappa shape index (κ1) is 13.8. The first-order valence-electron chi connectivity index (χ1n) is 5.38. The molecule has 1 aromatic rings. The molecule has 0 spiro atoms. The SMILES string of the molecule is C#CCC(C)(OC(C)=O)C(=O)Oc1ccccc1. The predicted octanol–water partition coefficient (Wildman–Crippen LogP) is 1.94. The van der Waals surface area contributed by atoms with Crippen molar-refractivity contribution >= 4 is 11.9 Å². The van der Waals surface area contributed by atoms with E-state index in [9.17, 15) is 9.59 Å². The van der Waals surface area contributed by atoms with Crippen molar-refractivity contribution in [1.82, 2.24) is 0 Å². The first-order chi connectivity index (χ1) is 8.48. The number of carbonyl (C=O) groups is 2. The van der Waals surface area contributed by atoms with E-state index in [1.807, 2.05) is 0 Å². The molecule has 4 heteroatoms. The highest BCUT2D eigenvalue weighted by Crippen LogP contribution is 2.20. The molecule has 0 saturated carbocycles. The van der Waals surface area contributed by atoms with E-state index in [4.69, 9.17) is 15.9 Å². The second-order valence-corrected chi connectivity index (χ2v) is 3.91. The van der Waals surface area contributed by atoms with Crippen LogP contribution in [0.3, 0.4) is 0 Å². The minimum absolute atomic E-state index is 0.0434. The fourth-order valence-electron chi connectivity index (χ4n) is 1.37. The molecule has 0 radical (unpaired) electrons. The number of carbonyl (C=O) groups excluding carboxylic acids is 2. The van der Waals surface area contributed by atoms with Crippen LogP contribution in [0.25, 0.3) is 0 Å². The summed E-state index contributed by atoms with van der Waals surface area (Å²) in [5.41, 5.74) is -1.46. The summed E-state index contributed by atoms with van der Waals surface area (Å²) in [6, 6.07) is 8.51. The van der Waals surface area contributed by atoms with E-state index in [-0.39, 0.29) is 6.42 Å². The van der Waals surface area contributed by atoms with Crippen molar-refractivity contribution in [2.24, 2.45) is 0 Å². The normalized spacial score (nSPS) is 12.9. The third kappa shape index (κ3) is 3.63. The van der Waals surface area contributed by atoms with E-state index in [2.05, 4.69) is 5.92 Å². The second kappa shape index (κ2) is 5.87. The maximum atomic E-state index is 12.0. The molecule has 94 valence electrons. The van der Waals surface area contributed by atoms with Crippen LogP contribution in [0.15, 0.2) is 30.3 Å². The van der Waals surface area contributed by atoms with Gasteiger partial charge < -0.3 is 9.47 Å². The fourth-order valence-corrected chi connectivity index (χ4v) is 1.37. The topological polar surface area (TPSA) is 52.6 Å². The standard InChI is InChI=1S/C14H14O4/c1-4-10-14(3,18-11(2)15)13(16)17-12-8-6-5-7-9-12/h1,5-9H,10H2,2-3H3. The van der Waals surface area contributed by atoms with Gasteiger partial charge in [0.15, 0.2) is 0 Å². The number of terminal acetylenes is 1. The van der Waals surface area contributed by atoms with Gasteiger partial charge in [0.2, 0.25) is 5.60 Å². The summed E-state index contributed by atoms with van der Waals surface area (Å²) < 4.78 is 10.1. The Labute approximate surface area is 106 Å². The molecule has 1 atom stereocenters. The molecule has 0 bridgehead atoms. The maximum Gasteiger partial charge on any atom is 0.356 e. The summed E-state index contributed by atoms with van der Waals surface area (Å²) in [6.45, 7) is 2.64. The summed E-state index contributed by atoms with van der Waals surface area (Å²) in [7, 11) is 0. The van der Waals surface area contributed by atoms with Crippen LogP contribution in [0.1, 0.15) is 20.3 Å². The molecule has 4 nitrogen and oxygen atoms in total. The van der Waals surface area contributed by atoms with Crippen molar-refractivity contribution in [3.05, 3.63) is 30.3 Å². The van der Waals surface area contributed by atoms with Gasteiger partial charge in [0.05, 0.1) is 6.42 Å². The third-order valence-corrected chi connectivity index (χ3v) is 2.19. The van der Waals surface area contributed by atoms with Gasteiger partial charge in [0.25, 0.3) is 0 Å². The minimum Gasteiger partial charge on any atom is -0.446 e. The van der Waals surface area contributed by atoms with Gasteiger partial charge in [-0.15, -0.1) is 12.3 Å². The molecule has 0 aliphatic heterocycles. The van der Waals surface area contributed by atoms with Gasteiger partial charge in [-0.3, -0.25) is 4.79 Å². The van der Waals surface area contributed by atoms with E-state index in [0.29, 0.717) is 5.75 Å². The minimum atomic E-state index is -1.46. The Morgan fingerprint density at radius 3 is 2.44 bits per heavy atom. The Morgan fingerprint density at radius 2 is 1.94 bits per heavy atom. The molecule has 0 fully saturated rings. The van der Waals surface area contributed by atoms with Crippen molar-refractivity contribution in [3.8, 4) is 18.1 Å². The highest BCUT2D eigenvalue weighted by molar-refractivity contribution is 5.84. The molecule has 1 rings (SSSR count). The van der Waals surface area contributed by atoms with Crippen LogP contribution >= 0.6 is 0 Å². The van der Waals surface area contributed by atoms with Crippen molar-refractivity contribution in [3.63, 3.8) is 0 Å². The van der Waals surface area contributed by atoms with Crippen LogP contribution in [-0.2, 0) is 14.3 Å². The van der Waals surface area contributed by atoms with Gasteiger partial charge >= 0.3 is 11.9 Å². The lowest BCUT2D eigenvalue weighted by atomic mass is 10.0. The highest BCUT2D eigenvalue weighted by Gasteiger charge is 2.38. The van der Waals surface area contributed by atoms with Crippen molar-refractivity contribution in [2.45, 2.75) is 25.9 Å². The first-order valence-corrected chi connectivity index (χ1v) is 5.38.